The van der Waals surface area contributed by atoms with Crippen LogP contribution in [0.5, 0.6) is 0 Å². The summed E-state index contributed by atoms with van der Waals surface area (Å²) in [5.41, 5.74) is 0. The van der Waals surface area contributed by atoms with Gasteiger partial charge in [-0.1, -0.05) is 46.0 Å². The number of rotatable bonds is 9. The summed E-state index contributed by atoms with van der Waals surface area (Å²) in [6.45, 7) is 5.32. The summed E-state index contributed by atoms with van der Waals surface area (Å²) in [5.74, 6) is 0.965. The van der Waals surface area contributed by atoms with Crippen LogP contribution in [-0.4, -0.2) is 6.54 Å². The Morgan fingerprint density at radius 2 is 1.94 bits per heavy atom. The zero-order valence-electron chi connectivity index (χ0n) is 11.0. The fourth-order valence-electron chi connectivity index (χ4n) is 2.06. The van der Waals surface area contributed by atoms with Gasteiger partial charge in [-0.3, -0.25) is 0 Å². The van der Waals surface area contributed by atoms with Crippen LogP contribution in [0.25, 0.3) is 0 Å². The minimum Gasteiger partial charge on any atom is -0.448 e. The highest BCUT2D eigenvalue weighted by atomic mass is 35.5. The first-order valence-electron chi connectivity index (χ1n) is 6.76. The third-order valence-electron chi connectivity index (χ3n) is 2.98. The fourth-order valence-corrected chi connectivity index (χ4v) is 2.21. The molecule has 0 amide bonds. The van der Waals surface area contributed by atoms with E-state index in [0.29, 0.717) is 11.3 Å². The lowest BCUT2D eigenvalue weighted by molar-refractivity contribution is 0.390. The van der Waals surface area contributed by atoms with E-state index in [4.69, 9.17) is 16.0 Å². The molecule has 0 saturated heterocycles. The second-order valence-corrected chi connectivity index (χ2v) is 4.83. The Bertz CT molecular complexity index is 298. The van der Waals surface area contributed by atoms with Gasteiger partial charge in [0.1, 0.15) is 5.76 Å². The second kappa shape index (κ2) is 8.60. The maximum atomic E-state index is 5.81. The largest absolute Gasteiger partial charge is 0.448 e. The van der Waals surface area contributed by atoms with E-state index >= 15 is 0 Å². The van der Waals surface area contributed by atoms with Gasteiger partial charge < -0.3 is 9.73 Å². The van der Waals surface area contributed by atoms with Crippen molar-refractivity contribution < 1.29 is 4.42 Å². The molecule has 0 fully saturated rings. The van der Waals surface area contributed by atoms with Crippen molar-refractivity contribution in [3.8, 4) is 0 Å². The smallest absolute Gasteiger partial charge is 0.193 e. The Morgan fingerprint density at radius 1 is 1.18 bits per heavy atom. The summed E-state index contributed by atoms with van der Waals surface area (Å²) in [6, 6.07) is 4.11. The molecular weight excluding hydrogens is 234 g/mol. The topological polar surface area (TPSA) is 25.2 Å². The third kappa shape index (κ3) is 5.60. The van der Waals surface area contributed by atoms with Crippen LogP contribution in [0.2, 0.25) is 5.22 Å². The lowest BCUT2D eigenvalue weighted by Gasteiger charge is -2.15. The summed E-state index contributed by atoms with van der Waals surface area (Å²) in [6.07, 6.45) is 7.67. The monoisotopic (exact) mass is 257 g/mol. The van der Waals surface area contributed by atoms with Crippen molar-refractivity contribution in [2.24, 2.45) is 0 Å². The molecular formula is C14H24ClNO. The molecule has 0 bridgehead atoms. The number of halogens is 1. The zero-order valence-corrected chi connectivity index (χ0v) is 11.7. The molecule has 1 unspecified atom stereocenters. The highest BCUT2D eigenvalue weighted by Crippen LogP contribution is 2.24. The number of hydrogen-bond acceptors (Lipinski definition) is 2. The van der Waals surface area contributed by atoms with Crippen LogP contribution in [0.15, 0.2) is 16.5 Å². The number of nitrogens with one attached hydrogen (secondary N) is 1. The Kier molecular flexibility index (Phi) is 7.38. The molecule has 0 radical (unpaired) electrons. The van der Waals surface area contributed by atoms with Gasteiger partial charge >= 0.3 is 0 Å². The molecule has 17 heavy (non-hydrogen) atoms. The van der Waals surface area contributed by atoms with Gasteiger partial charge in [-0.05, 0) is 36.7 Å². The quantitative estimate of drug-likeness (QED) is 0.634. The summed E-state index contributed by atoms with van der Waals surface area (Å²) in [5, 5.41) is 3.93. The van der Waals surface area contributed by atoms with Gasteiger partial charge in [-0.15, -0.1) is 0 Å². The summed E-state index contributed by atoms with van der Waals surface area (Å²) >= 11 is 5.81. The van der Waals surface area contributed by atoms with Gasteiger partial charge in [0.2, 0.25) is 0 Å². The van der Waals surface area contributed by atoms with Crippen molar-refractivity contribution in [2.45, 2.75) is 58.4 Å². The number of unbranched alkanes of at least 4 members (excludes halogenated alkanes) is 4. The minimum atomic E-state index is 0.314. The minimum absolute atomic E-state index is 0.314. The third-order valence-corrected chi connectivity index (χ3v) is 3.19. The van der Waals surface area contributed by atoms with E-state index in [1.165, 1.54) is 32.1 Å². The van der Waals surface area contributed by atoms with Crippen LogP contribution in [0, 0.1) is 0 Å². The van der Waals surface area contributed by atoms with Gasteiger partial charge in [-0.2, -0.15) is 0 Å². The van der Waals surface area contributed by atoms with E-state index in [-0.39, 0.29) is 0 Å². The van der Waals surface area contributed by atoms with E-state index in [1.807, 2.05) is 12.1 Å². The molecule has 1 rings (SSSR count). The summed E-state index contributed by atoms with van der Waals surface area (Å²) in [7, 11) is 0. The normalized spacial score (nSPS) is 12.9. The molecule has 0 aliphatic carbocycles. The van der Waals surface area contributed by atoms with Crippen LogP contribution in [0.1, 0.15) is 64.2 Å². The predicted octanol–water partition coefficient (Wildman–Crippen LogP) is 4.94. The molecule has 1 N–H and O–H groups in total. The molecule has 0 aliphatic rings. The Morgan fingerprint density at radius 3 is 2.53 bits per heavy atom. The van der Waals surface area contributed by atoms with Crippen molar-refractivity contribution in [3.05, 3.63) is 23.1 Å². The van der Waals surface area contributed by atoms with Crippen LogP contribution in [0.4, 0.5) is 0 Å². The van der Waals surface area contributed by atoms with Gasteiger partial charge in [0, 0.05) is 0 Å². The molecule has 1 heterocycles. The fraction of sp³-hybridized carbons (Fsp3) is 0.714. The molecule has 0 spiro atoms. The maximum Gasteiger partial charge on any atom is 0.193 e. The lowest BCUT2D eigenvalue weighted by Crippen LogP contribution is -2.20. The van der Waals surface area contributed by atoms with E-state index in [9.17, 15) is 0 Å². The van der Waals surface area contributed by atoms with Crippen molar-refractivity contribution >= 4 is 11.6 Å². The second-order valence-electron chi connectivity index (χ2n) is 4.46. The molecule has 0 aromatic carbocycles. The maximum absolute atomic E-state index is 5.81. The molecule has 0 saturated carbocycles. The molecule has 1 aromatic heterocycles. The SMILES string of the molecule is CCCCCCCC(NCC)c1ccc(Cl)o1. The van der Waals surface area contributed by atoms with Crippen LogP contribution in [-0.2, 0) is 0 Å². The van der Waals surface area contributed by atoms with Crippen LogP contribution >= 0.6 is 11.6 Å². The van der Waals surface area contributed by atoms with E-state index in [2.05, 4.69) is 19.2 Å². The number of hydrogen-bond donors (Lipinski definition) is 1. The average Bonchev–Trinajstić information content (AvgIpc) is 2.74. The first kappa shape index (κ1) is 14.6. The first-order valence-corrected chi connectivity index (χ1v) is 7.14. The molecule has 2 nitrogen and oxygen atoms in total. The molecule has 1 atom stereocenters. The standard InChI is InChI=1S/C14H24ClNO/c1-3-5-6-7-8-9-12(16-4-2)13-10-11-14(15)17-13/h10-12,16H,3-9H2,1-2H3. The predicted molar refractivity (Wildman–Crippen MR) is 73.5 cm³/mol. The summed E-state index contributed by atoms with van der Waals surface area (Å²) < 4.78 is 5.48. The lowest BCUT2D eigenvalue weighted by atomic mass is 10.0. The van der Waals surface area contributed by atoms with Gasteiger partial charge in [-0.25, -0.2) is 0 Å². The van der Waals surface area contributed by atoms with E-state index in [1.54, 1.807) is 0 Å². The molecule has 1 aromatic rings. The summed E-state index contributed by atoms with van der Waals surface area (Å²) in [4.78, 5) is 0. The first-order chi connectivity index (χ1) is 8.27. The van der Waals surface area contributed by atoms with Crippen molar-refractivity contribution in [3.63, 3.8) is 0 Å². The molecule has 0 aliphatic heterocycles. The van der Waals surface area contributed by atoms with Crippen molar-refractivity contribution in [1.29, 1.82) is 0 Å². The van der Waals surface area contributed by atoms with Gasteiger partial charge in [0.15, 0.2) is 5.22 Å². The average molecular weight is 258 g/mol. The number of furan rings is 1. The Hall–Kier alpha value is -0.470. The zero-order chi connectivity index (χ0) is 12.5. The van der Waals surface area contributed by atoms with Gasteiger partial charge in [0.05, 0.1) is 6.04 Å². The highest BCUT2D eigenvalue weighted by Gasteiger charge is 2.13. The van der Waals surface area contributed by atoms with Crippen molar-refractivity contribution in [2.75, 3.05) is 6.54 Å². The molecule has 98 valence electrons. The van der Waals surface area contributed by atoms with Crippen molar-refractivity contribution in [1.82, 2.24) is 5.32 Å². The van der Waals surface area contributed by atoms with Crippen LogP contribution in [0.3, 0.4) is 0 Å². The Balaban J connectivity index is 2.33. The van der Waals surface area contributed by atoms with Crippen LogP contribution < -0.4 is 5.32 Å². The van der Waals surface area contributed by atoms with E-state index in [0.717, 1.165) is 18.7 Å². The Labute approximate surface area is 110 Å². The molecule has 3 heteroatoms. The van der Waals surface area contributed by atoms with Gasteiger partial charge in [0.25, 0.3) is 0 Å². The highest BCUT2D eigenvalue weighted by molar-refractivity contribution is 6.28. The van der Waals surface area contributed by atoms with E-state index < -0.39 is 0 Å².